The summed E-state index contributed by atoms with van der Waals surface area (Å²) in [5.41, 5.74) is 0.680. The fraction of sp³-hybridized carbons (Fsp3) is 0.529. The lowest BCUT2D eigenvalue weighted by Crippen LogP contribution is -2.45. The number of carbonyl (C=O) groups is 2. The molecule has 0 saturated carbocycles. The molecule has 8 heteroatoms. The van der Waals surface area contributed by atoms with Crippen LogP contribution >= 0.6 is 0 Å². The molecule has 3 rings (SSSR count). The molecule has 1 saturated heterocycles. The summed E-state index contributed by atoms with van der Waals surface area (Å²) >= 11 is 0. The van der Waals surface area contributed by atoms with Crippen LogP contribution in [0.15, 0.2) is 24.7 Å². The third kappa shape index (κ3) is 4.07. The third-order valence-electron chi connectivity index (χ3n) is 4.06. The van der Waals surface area contributed by atoms with Gasteiger partial charge in [-0.3, -0.25) is 9.20 Å². The van der Waals surface area contributed by atoms with Crippen molar-refractivity contribution in [2.45, 2.75) is 45.3 Å². The quantitative estimate of drug-likeness (QED) is 0.917. The molecule has 25 heavy (non-hydrogen) atoms. The lowest BCUT2D eigenvalue weighted by atomic mass is 10.2. The number of hydrogen-bond acceptors (Lipinski definition) is 5. The smallest absolute Gasteiger partial charge is 0.410 e. The van der Waals surface area contributed by atoms with Gasteiger partial charge in [-0.15, -0.1) is 10.2 Å². The maximum Gasteiger partial charge on any atom is 0.410 e. The van der Waals surface area contributed by atoms with Crippen molar-refractivity contribution in [3.63, 3.8) is 0 Å². The average Bonchev–Trinajstić information content (AvgIpc) is 3.18. The number of nitrogens with one attached hydrogen (secondary N) is 1. The van der Waals surface area contributed by atoms with Gasteiger partial charge in [-0.25, -0.2) is 4.79 Å². The Bertz CT molecular complexity index is 780. The van der Waals surface area contributed by atoms with Gasteiger partial charge in [0.05, 0.1) is 11.6 Å². The number of rotatable bonds is 3. The molecule has 3 heterocycles. The average molecular weight is 345 g/mol. The van der Waals surface area contributed by atoms with E-state index < -0.39 is 5.60 Å². The molecule has 1 aliphatic rings. The minimum Gasteiger partial charge on any atom is -0.444 e. The van der Waals surface area contributed by atoms with Gasteiger partial charge in [-0.2, -0.15) is 0 Å². The predicted octanol–water partition coefficient (Wildman–Crippen LogP) is 1.86. The molecule has 1 fully saturated rings. The van der Waals surface area contributed by atoms with Gasteiger partial charge in [0.1, 0.15) is 11.9 Å². The van der Waals surface area contributed by atoms with Crippen molar-refractivity contribution >= 4 is 17.6 Å². The Labute approximate surface area is 146 Å². The molecule has 8 nitrogen and oxygen atoms in total. The Balaban J connectivity index is 1.59. The third-order valence-corrected chi connectivity index (χ3v) is 4.06. The zero-order valence-corrected chi connectivity index (χ0v) is 14.7. The van der Waals surface area contributed by atoms with Crippen molar-refractivity contribution in [1.82, 2.24) is 24.8 Å². The first kappa shape index (κ1) is 17.2. The van der Waals surface area contributed by atoms with Crippen molar-refractivity contribution in [2.75, 3.05) is 13.1 Å². The van der Waals surface area contributed by atoms with Crippen LogP contribution in [0.1, 0.15) is 44.0 Å². The summed E-state index contributed by atoms with van der Waals surface area (Å²) in [6.07, 6.45) is 4.67. The van der Waals surface area contributed by atoms with Crippen LogP contribution in [-0.2, 0) is 4.74 Å². The van der Waals surface area contributed by atoms with Crippen molar-refractivity contribution in [2.24, 2.45) is 0 Å². The van der Waals surface area contributed by atoms with Gasteiger partial charge in [0.2, 0.25) is 0 Å². The van der Waals surface area contributed by atoms with E-state index in [1.165, 1.54) is 0 Å². The van der Waals surface area contributed by atoms with Crippen molar-refractivity contribution < 1.29 is 14.3 Å². The highest BCUT2D eigenvalue weighted by Crippen LogP contribution is 2.20. The summed E-state index contributed by atoms with van der Waals surface area (Å²) in [7, 11) is 0. The van der Waals surface area contributed by atoms with Crippen LogP contribution in [0.4, 0.5) is 4.79 Å². The number of carbonyl (C=O) groups excluding carboxylic acids is 2. The number of likely N-dealkylation sites (tertiary alicyclic amines) is 1. The molecule has 0 spiro atoms. The van der Waals surface area contributed by atoms with Crippen LogP contribution in [0.5, 0.6) is 0 Å². The van der Waals surface area contributed by atoms with E-state index >= 15 is 0 Å². The molecule has 0 aromatic carbocycles. The maximum absolute atomic E-state index is 12.4. The molecule has 0 unspecified atom stereocenters. The van der Waals surface area contributed by atoms with Gasteiger partial charge >= 0.3 is 6.09 Å². The Hall–Kier alpha value is -2.64. The molecule has 134 valence electrons. The normalized spacial score (nSPS) is 17.7. The summed E-state index contributed by atoms with van der Waals surface area (Å²) in [4.78, 5) is 26.4. The first-order valence-corrected chi connectivity index (χ1v) is 8.41. The van der Waals surface area contributed by atoms with Gasteiger partial charge in [-0.1, -0.05) is 0 Å². The Morgan fingerprint density at radius 2 is 2.16 bits per heavy atom. The van der Waals surface area contributed by atoms with E-state index in [1.807, 2.05) is 20.8 Å². The summed E-state index contributed by atoms with van der Waals surface area (Å²) in [6, 6.07) is 3.40. The molecule has 2 aromatic rings. The summed E-state index contributed by atoms with van der Waals surface area (Å²) in [5.74, 6) is -0.188. The lowest BCUT2D eigenvalue weighted by molar-refractivity contribution is 0.0225. The zero-order chi connectivity index (χ0) is 18.0. The fourth-order valence-electron chi connectivity index (χ4n) is 2.88. The number of fused-ring (bicyclic) bond motifs is 1. The minimum absolute atomic E-state index is 0.0440. The van der Waals surface area contributed by atoms with Gasteiger partial charge in [0, 0.05) is 19.3 Å². The molecule has 2 amide bonds. The standard InChI is InChI=1S/C17H23N5O3/c1-17(2,3)25-16(24)22-8-4-5-13(22)9-18-15(23)12-6-7-14-20-19-11-21(14)10-12/h6-7,10-11,13H,4-5,8-9H2,1-3H3,(H,18,23)/t13-/m1/s1. The second-order valence-corrected chi connectivity index (χ2v) is 7.19. The Morgan fingerprint density at radius 1 is 1.36 bits per heavy atom. The molecule has 0 bridgehead atoms. The lowest BCUT2D eigenvalue weighted by Gasteiger charge is -2.28. The first-order valence-electron chi connectivity index (χ1n) is 8.41. The molecule has 2 aromatic heterocycles. The molecule has 1 aliphatic heterocycles. The predicted molar refractivity (Wildman–Crippen MR) is 91.3 cm³/mol. The molecular formula is C17H23N5O3. The van der Waals surface area contributed by atoms with E-state index in [9.17, 15) is 9.59 Å². The van der Waals surface area contributed by atoms with E-state index in [2.05, 4.69) is 15.5 Å². The number of nitrogens with zero attached hydrogens (tertiary/aromatic N) is 4. The molecule has 1 atom stereocenters. The van der Waals surface area contributed by atoms with Crippen LogP contribution in [0, 0.1) is 0 Å². The highest BCUT2D eigenvalue weighted by atomic mass is 16.6. The molecule has 0 radical (unpaired) electrons. The second-order valence-electron chi connectivity index (χ2n) is 7.19. The van der Waals surface area contributed by atoms with E-state index in [4.69, 9.17) is 4.74 Å². The van der Waals surface area contributed by atoms with Crippen LogP contribution in [0.25, 0.3) is 5.65 Å². The van der Waals surface area contributed by atoms with E-state index in [0.29, 0.717) is 24.3 Å². The van der Waals surface area contributed by atoms with Gasteiger partial charge in [-0.05, 0) is 45.7 Å². The van der Waals surface area contributed by atoms with E-state index in [-0.39, 0.29) is 18.0 Å². The van der Waals surface area contributed by atoms with Crippen LogP contribution in [-0.4, -0.2) is 56.2 Å². The summed E-state index contributed by atoms with van der Waals surface area (Å²) in [5, 5.41) is 10.6. The summed E-state index contributed by atoms with van der Waals surface area (Å²) < 4.78 is 7.13. The van der Waals surface area contributed by atoms with Gasteiger partial charge in [0.25, 0.3) is 5.91 Å². The van der Waals surface area contributed by atoms with Crippen LogP contribution in [0.3, 0.4) is 0 Å². The molecule has 1 N–H and O–H groups in total. The number of pyridine rings is 1. The maximum atomic E-state index is 12.4. The summed E-state index contributed by atoms with van der Waals surface area (Å²) in [6.45, 7) is 6.59. The van der Waals surface area contributed by atoms with Gasteiger partial charge in [0.15, 0.2) is 5.65 Å². The van der Waals surface area contributed by atoms with E-state index in [0.717, 1.165) is 12.8 Å². The minimum atomic E-state index is -0.526. The number of hydrogen-bond donors (Lipinski definition) is 1. The fourth-order valence-corrected chi connectivity index (χ4v) is 2.88. The zero-order valence-electron chi connectivity index (χ0n) is 14.7. The van der Waals surface area contributed by atoms with Gasteiger partial charge < -0.3 is 15.0 Å². The number of amides is 2. The largest absolute Gasteiger partial charge is 0.444 e. The topological polar surface area (TPSA) is 88.8 Å². The van der Waals surface area contributed by atoms with E-state index in [1.54, 1.807) is 34.0 Å². The highest BCUT2D eigenvalue weighted by Gasteiger charge is 2.32. The van der Waals surface area contributed by atoms with Crippen LogP contribution < -0.4 is 5.32 Å². The first-order chi connectivity index (χ1) is 11.8. The SMILES string of the molecule is CC(C)(C)OC(=O)N1CCC[C@@H]1CNC(=O)c1ccc2nncn2c1. The number of ether oxygens (including phenoxy) is 1. The molecular weight excluding hydrogens is 322 g/mol. The Kier molecular flexibility index (Phi) is 4.61. The highest BCUT2D eigenvalue weighted by molar-refractivity contribution is 5.94. The van der Waals surface area contributed by atoms with Crippen molar-refractivity contribution in [1.29, 1.82) is 0 Å². The Morgan fingerprint density at radius 3 is 2.92 bits per heavy atom. The second kappa shape index (κ2) is 6.70. The monoisotopic (exact) mass is 345 g/mol. The van der Waals surface area contributed by atoms with Crippen molar-refractivity contribution in [3.05, 3.63) is 30.2 Å². The van der Waals surface area contributed by atoms with Crippen molar-refractivity contribution in [3.8, 4) is 0 Å². The van der Waals surface area contributed by atoms with Crippen LogP contribution in [0.2, 0.25) is 0 Å². The molecule has 0 aliphatic carbocycles. The number of aromatic nitrogens is 3.